The predicted octanol–water partition coefficient (Wildman–Crippen LogP) is 2.74. The van der Waals surface area contributed by atoms with Gasteiger partial charge in [-0.2, -0.15) is 0 Å². The van der Waals surface area contributed by atoms with Gasteiger partial charge in [-0.15, -0.1) is 5.10 Å². The normalized spacial score (nSPS) is 10.5. The van der Waals surface area contributed by atoms with Crippen molar-refractivity contribution >= 4 is 27.5 Å². The molecule has 0 saturated carbocycles. The fourth-order valence-corrected chi connectivity index (χ4v) is 2.40. The van der Waals surface area contributed by atoms with E-state index in [1.165, 1.54) is 0 Å². The van der Waals surface area contributed by atoms with Gasteiger partial charge in [0.05, 0.1) is 24.0 Å². The lowest BCUT2D eigenvalue weighted by molar-refractivity contribution is 0.1000. The second-order valence-electron chi connectivity index (χ2n) is 4.90. The number of primary amides is 1. The molecule has 1 aromatic heterocycles. The number of nitrogens with two attached hydrogens (primary N) is 1. The van der Waals surface area contributed by atoms with Gasteiger partial charge in [0.1, 0.15) is 5.69 Å². The Bertz CT molecular complexity index is 828. The Balaban J connectivity index is 1.76. The van der Waals surface area contributed by atoms with Gasteiger partial charge < -0.3 is 11.1 Å². The number of carbonyl (C=O) groups excluding carboxylic acids is 1. The van der Waals surface area contributed by atoms with Crippen LogP contribution in [0, 0.1) is 0 Å². The molecule has 1 heterocycles. The lowest BCUT2D eigenvalue weighted by atomic mass is 10.1. The summed E-state index contributed by atoms with van der Waals surface area (Å²) in [4.78, 5) is 11.5. The minimum Gasteiger partial charge on any atom is -0.379 e. The Kier molecular flexibility index (Phi) is 4.38. The fourth-order valence-electron chi connectivity index (χ4n) is 2.14. The van der Waals surface area contributed by atoms with E-state index in [0.717, 1.165) is 15.9 Å². The Hall–Kier alpha value is -2.67. The number of aromatic nitrogens is 3. The van der Waals surface area contributed by atoms with Crippen LogP contribution in [0.25, 0.3) is 5.69 Å². The van der Waals surface area contributed by atoms with Crippen LogP contribution in [-0.4, -0.2) is 20.9 Å². The maximum absolute atomic E-state index is 11.5. The fraction of sp³-hybridized carbons (Fsp3) is 0.0625. The largest absolute Gasteiger partial charge is 0.379 e. The van der Waals surface area contributed by atoms with E-state index in [9.17, 15) is 4.79 Å². The van der Waals surface area contributed by atoms with Crippen molar-refractivity contribution < 1.29 is 4.79 Å². The van der Waals surface area contributed by atoms with Crippen LogP contribution in [0.5, 0.6) is 0 Å². The molecule has 0 aliphatic carbocycles. The topological polar surface area (TPSA) is 85.8 Å². The molecule has 3 N–H and O–H groups in total. The van der Waals surface area contributed by atoms with Gasteiger partial charge in [0.25, 0.3) is 5.91 Å². The van der Waals surface area contributed by atoms with Crippen LogP contribution < -0.4 is 11.1 Å². The number of amides is 1. The second kappa shape index (κ2) is 6.62. The Morgan fingerprint density at radius 1 is 1.17 bits per heavy atom. The summed E-state index contributed by atoms with van der Waals surface area (Å²) < 4.78 is 2.58. The summed E-state index contributed by atoms with van der Waals surface area (Å²) in [5.41, 5.74) is 8.15. The third kappa shape index (κ3) is 3.57. The monoisotopic (exact) mass is 371 g/mol. The van der Waals surface area contributed by atoms with E-state index in [0.29, 0.717) is 17.8 Å². The van der Waals surface area contributed by atoms with Gasteiger partial charge in [-0.1, -0.05) is 33.3 Å². The number of carbonyl (C=O) groups is 1. The molecule has 116 valence electrons. The zero-order chi connectivity index (χ0) is 16.2. The molecular formula is C16H14BrN5O. The summed E-state index contributed by atoms with van der Waals surface area (Å²) in [5.74, 6) is -0.495. The van der Waals surface area contributed by atoms with Crippen molar-refractivity contribution in [2.75, 3.05) is 5.32 Å². The summed E-state index contributed by atoms with van der Waals surface area (Å²) in [6.45, 7) is 0.528. The van der Waals surface area contributed by atoms with E-state index < -0.39 is 5.91 Å². The first-order chi connectivity index (χ1) is 11.1. The van der Waals surface area contributed by atoms with Crippen molar-refractivity contribution in [3.63, 3.8) is 0 Å². The van der Waals surface area contributed by atoms with E-state index >= 15 is 0 Å². The molecule has 0 aliphatic rings. The highest BCUT2D eigenvalue weighted by Crippen LogP contribution is 2.16. The summed E-state index contributed by atoms with van der Waals surface area (Å²) in [7, 11) is 0. The molecule has 2 aromatic carbocycles. The van der Waals surface area contributed by atoms with Gasteiger partial charge >= 0.3 is 0 Å². The van der Waals surface area contributed by atoms with Crippen LogP contribution in [0.1, 0.15) is 16.1 Å². The van der Waals surface area contributed by atoms with E-state index in [4.69, 9.17) is 5.73 Å². The van der Waals surface area contributed by atoms with Crippen molar-refractivity contribution in [2.24, 2.45) is 5.73 Å². The summed E-state index contributed by atoms with van der Waals surface area (Å²) in [5, 5.41) is 11.4. The molecule has 3 rings (SSSR count). The summed E-state index contributed by atoms with van der Waals surface area (Å²) >= 11 is 3.40. The van der Waals surface area contributed by atoms with Crippen molar-refractivity contribution in [1.29, 1.82) is 0 Å². The molecule has 0 spiro atoms. The van der Waals surface area contributed by atoms with Crippen LogP contribution in [0.4, 0.5) is 5.69 Å². The van der Waals surface area contributed by atoms with E-state index in [1.807, 2.05) is 30.3 Å². The molecule has 1 amide bonds. The number of nitrogens with one attached hydrogen (secondary N) is 1. The van der Waals surface area contributed by atoms with E-state index in [2.05, 4.69) is 31.6 Å². The lowest BCUT2D eigenvalue weighted by Crippen LogP contribution is -2.14. The maximum atomic E-state index is 11.5. The Morgan fingerprint density at radius 2 is 1.91 bits per heavy atom. The standard InChI is InChI=1S/C16H14BrN5O/c17-11-5-7-12(8-6-11)19-9-13-10-22(21-20-13)15-4-2-1-3-14(15)16(18)23/h1-8,10,19H,9H2,(H2,18,23). The maximum Gasteiger partial charge on any atom is 0.250 e. The number of halogens is 1. The number of hydrogen-bond donors (Lipinski definition) is 2. The third-order valence-electron chi connectivity index (χ3n) is 3.28. The predicted molar refractivity (Wildman–Crippen MR) is 91.3 cm³/mol. The molecule has 0 fully saturated rings. The average Bonchev–Trinajstić information content (AvgIpc) is 3.03. The van der Waals surface area contributed by atoms with Crippen LogP contribution in [-0.2, 0) is 6.54 Å². The van der Waals surface area contributed by atoms with Gasteiger partial charge in [-0.25, -0.2) is 4.68 Å². The van der Waals surface area contributed by atoms with Gasteiger partial charge in [-0.05, 0) is 36.4 Å². The molecule has 23 heavy (non-hydrogen) atoms. The number of hydrogen-bond acceptors (Lipinski definition) is 4. The molecule has 0 unspecified atom stereocenters. The third-order valence-corrected chi connectivity index (χ3v) is 3.80. The highest BCUT2D eigenvalue weighted by atomic mass is 79.9. The molecule has 0 radical (unpaired) electrons. The van der Waals surface area contributed by atoms with Gasteiger partial charge in [0.15, 0.2) is 0 Å². The Labute approximate surface area is 141 Å². The SMILES string of the molecule is NC(=O)c1ccccc1-n1cc(CNc2ccc(Br)cc2)nn1. The quantitative estimate of drug-likeness (QED) is 0.721. The molecule has 3 aromatic rings. The molecule has 0 saturated heterocycles. The number of nitrogens with zero attached hydrogens (tertiary/aromatic N) is 3. The number of para-hydroxylation sites is 1. The number of anilines is 1. The molecule has 0 bridgehead atoms. The first kappa shape index (κ1) is 15.2. The highest BCUT2D eigenvalue weighted by molar-refractivity contribution is 9.10. The molecule has 0 aliphatic heterocycles. The van der Waals surface area contributed by atoms with Crippen LogP contribution in [0.3, 0.4) is 0 Å². The molecule has 6 nitrogen and oxygen atoms in total. The van der Waals surface area contributed by atoms with Gasteiger partial charge in [-0.3, -0.25) is 4.79 Å². The molecular weight excluding hydrogens is 358 g/mol. The summed E-state index contributed by atoms with van der Waals surface area (Å²) in [6.07, 6.45) is 1.77. The molecule has 0 atom stereocenters. The minimum atomic E-state index is -0.495. The first-order valence-electron chi connectivity index (χ1n) is 6.93. The van der Waals surface area contributed by atoms with E-state index in [1.54, 1.807) is 29.1 Å². The lowest BCUT2D eigenvalue weighted by Gasteiger charge is -2.05. The Morgan fingerprint density at radius 3 is 2.65 bits per heavy atom. The van der Waals surface area contributed by atoms with Crippen molar-refractivity contribution in [2.45, 2.75) is 6.54 Å². The number of benzene rings is 2. The summed E-state index contributed by atoms with van der Waals surface area (Å²) in [6, 6.07) is 14.9. The second-order valence-corrected chi connectivity index (χ2v) is 5.81. The van der Waals surface area contributed by atoms with Gasteiger partial charge in [0.2, 0.25) is 0 Å². The van der Waals surface area contributed by atoms with Crippen molar-refractivity contribution in [3.05, 3.63) is 70.5 Å². The number of rotatable bonds is 5. The van der Waals surface area contributed by atoms with Crippen LogP contribution in [0.2, 0.25) is 0 Å². The van der Waals surface area contributed by atoms with Crippen LogP contribution in [0.15, 0.2) is 59.2 Å². The smallest absolute Gasteiger partial charge is 0.250 e. The highest BCUT2D eigenvalue weighted by Gasteiger charge is 2.11. The molecule has 7 heteroatoms. The first-order valence-corrected chi connectivity index (χ1v) is 7.72. The van der Waals surface area contributed by atoms with E-state index in [-0.39, 0.29) is 0 Å². The van der Waals surface area contributed by atoms with Crippen LogP contribution >= 0.6 is 15.9 Å². The van der Waals surface area contributed by atoms with Crippen molar-refractivity contribution in [1.82, 2.24) is 15.0 Å². The minimum absolute atomic E-state index is 0.407. The van der Waals surface area contributed by atoms with Gasteiger partial charge in [0, 0.05) is 10.2 Å². The zero-order valence-corrected chi connectivity index (χ0v) is 13.7. The average molecular weight is 372 g/mol. The van der Waals surface area contributed by atoms with Crippen molar-refractivity contribution in [3.8, 4) is 5.69 Å². The zero-order valence-electron chi connectivity index (χ0n) is 12.1.